The minimum absolute atomic E-state index is 0.0431. The van der Waals surface area contributed by atoms with E-state index >= 15 is 0 Å². The molecular formula is C13H26N2O2S. The lowest BCUT2D eigenvalue weighted by Crippen LogP contribution is -2.50. The highest BCUT2D eigenvalue weighted by molar-refractivity contribution is 7.92. The molecule has 0 aromatic rings. The molecule has 1 saturated carbocycles. The highest BCUT2D eigenvalue weighted by Gasteiger charge is 2.36. The third kappa shape index (κ3) is 3.45. The smallest absolute Gasteiger partial charge is 0.154 e. The standard InChI is InChI=1S/C13H26N2O2S/c14-15-12(10-11-6-2-1-3-7-11)13-8-4-5-9-18(13,16)17/h11-13,15H,1-10,14H2. The number of nitrogens with two attached hydrogens (primary N) is 1. The van der Waals surface area contributed by atoms with Crippen LogP contribution >= 0.6 is 0 Å². The van der Waals surface area contributed by atoms with Crippen molar-refractivity contribution >= 4 is 9.84 Å². The molecule has 0 aromatic carbocycles. The number of hydrogen-bond acceptors (Lipinski definition) is 4. The summed E-state index contributed by atoms with van der Waals surface area (Å²) >= 11 is 0. The predicted molar refractivity (Wildman–Crippen MR) is 73.7 cm³/mol. The van der Waals surface area contributed by atoms with Crippen LogP contribution in [0, 0.1) is 5.92 Å². The van der Waals surface area contributed by atoms with Crippen LogP contribution in [-0.2, 0) is 9.84 Å². The van der Waals surface area contributed by atoms with E-state index in [1.807, 2.05) is 0 Å². The monoisotopic (exact) mass is 274 g/mol. The van der Waals surface area contributed by atoms with Crippen LogP contribution in [0.5, 0.6) is 0 Å². The maximum atomic E-state index is 12.1. The summed E-state index contributed by atoms with van der Waals surface area (Å²) in [5.74, 6) is 6.64. The molecule has 2 aliphatic rings. The molecule has 1 heterocycles. The highest BCUT2D eigenvalue weighted by Crippen LogP contribution is 2.31. The lowest BCUT2D eigenvalue weighted by Gasteiger charge is -2.33. The molecule has 4 nitrogen and oxygen atoms in total. The Hall–Kier alpha value is -0.130. The minimum atomic E-state index is -2.93. The summed E-state index contributed by atoms with van der Waals surface area (Å²) < 4.78 is 24.3. The van der Waals surface area contributed by atoms with Gasteiger partial charge in [-0.25, -0.2) is 8.42 Å². The molecule has 0 radical (unpaired) electrons. The van der Waals surface area contributed by atoms with Gasteiger partial charge in [-0.15, -0.1) is 0 Å². The van der Waals surface area contributed by atoms with E-state index in [2.05, 4.69) is 5.43 Å². The van der Waals surface area contributed by atoms with Gasteiger partial charge >= 0.3 is 0 Å². The first kappa shape index (κ1) is 14.3. The Kier molecular flexibility index (Phi) is 5.04. The molecule has 1 saturated heterocycles. The van der Waals surface area contributed by atoms with Gasteiger partial charge in [0, 0.05) is 6.04 Å². The zero-order valence-electron chi connectivity index (χ0n) is 11.1. The molecule has 1 aliphatic carbocycles. The number of hydrogen-bond donors (Lipinski definition) is 2. The van der Waals surface area contributed by atoms with Crippen LogP contribution in [-0.4, -0.2) is 25.5 Å². The maximum absolute atomic E-state index is 12.1. The summed E-state index contributed by atoms with van der Waals surface area (Å²) in [6, 6.07) is -0.0431. The van der Waals surface area contributed by atoms with Crippen LogP contribution in [0.1, 0.15) is 57.8 Å². The summed E-state index contributed by atoms with van der Waals surface area (Å²) in [6.07, 6.45) is 9.95. The van der Waals surface area contributed by atoms with E-state index in [1.165, 1.54) is 32.1 Å². The van der Waals surface area contributed by atoms with E-state index in [9.17, 15) is 8.42 Å². The van der Waals surface area contributed by atoms with Gasteiger partial charge in [-0.3, -0.25) is 11.3 Å². The van der Waals surface area contributed by atoms with Crippen molar-refractivity contribution < 1.29 is 8.42 Å². The highest BCUT2D eigenvalue weighted by atomic mass is 32.2. The summed E-state index contributed by atoms with van der Waals surface area (Å²) in [7, 11) is -2.93. The van der Waals surface area contributed by atoms with E-state index in [4.69, 9.17) is 5.84 Å². The second-order valence-corrected chi connectivity index (χ2v) is 8.25. The van der Waals surface area contributed by atoms with E-state index < -0.39 is 9.84 Å². The van der Waals surface area contributed by atoms with E-state index in [0.717, 1.165) is 25.7 Å². The maximum Gasteiger partial charge on any atom is 0.154 e. The fourth-order valence-corrected chi connectivity index (χ4v) is 5.67. The Labute approximate surface area is 111 Å². The largest absolute Gasteiger partial charge is 0.271 e. The van der Waals surface area contributed by atoms with Gasteiger partial charge < -0.3 is 0 Å². The van der Waals surface area contributed by atoms with Crippen molar-refractivity contribution in [3.63, 3.8) is 0 Å². The molecule has 5 heteroatoms. The molecule has 0 amide bonds. The predicted octanol–water partition coefficient (Wildman–Crippen LogP) is 1.76. The summed E-state index contributed by atoms with van der Waals surface area (Å²) in [5.41, 5.74) is 2.80. The van der Waals surface area contributed by atoms with Crippen molar-refractivity contribution in [3.8, 4) is 0 Å². The average Bonchev–Trinajstić information content (AvgIpc) is 2.37. The van der Waals surface area contributed by atoms with Crippen LogP contribution in [0.3, 0.4) is 0 Å². The molecule has 0 spiro atoms. The fourth-order valence-electron chi connectivity index (χ4n) is 3.54. The van der Waals surface area contributed by atoms with Crippen molar-refractivity contribution in [2.24, 2.45) is 11.8 Å². The molecule has 2 rings (SSSR count). The zero-order valence-corrected chi connectivity index (χ0v) is 11.9. The average molecular weight is 274 g/mol. The molecule has 0 bridgehead atoms. The third-order valence-corrected chi connectivity index (χ3v) is 6.95. The molecular weight excluding hydrogens is 248 g/mol. The van der Waals surface area contributed by atoms with Gasteiger partial charge in [0.05, 0.1) is 11.0 Å². The first-order valence-corrected chi connectivity index (χ1v) is 9.03. The lowest BCUT2D eigenvalue weighted by molar-refractivity contribution is 0.287. The summed E-state index contributed by atoms with van der Waals surface area (Å²) in [5, 5.41) is -0.252. The van der Waals surface area contributed by atoms with Crippen LogP contribution in [0.15, 0.2) is 0 Å². The number of nitrogens with one attached hydrogen (secondary N) is 1. The SMILES string of the molecule is NNC(CC1CCCCC1)C1CCCCS1(=O)=O. The fraction of sp³-hybridized carbons (Fsp3) is 1.00. The van der Waals surface area contributed by atoms with Crippen molar-refractivity contribution in [3.05, 3.63) is 0 Å². The van der Waals surface area contributed by atoms with Gasteiger partial charge in [0.1, 0.15) is 0 Å². The molecule has 0 aromatic heterocycles. The third-order valence-electron chi connectivity index (χ3n) is 4.60. The van der Waals surface area contributed by atoms with E-state index in [0.29, 0.717) is 11.7 Å². The number of sulfone groups is 1. The normalized spacial score (nSPS) is 31.1. The van der Waals surface area contributed by atoms with Gasteiger partial charge in [-0.1, -0.05) is 38.5 Å². The van der Waals surface area contributed by atoms with Crippen LogP contribution in [0.25, 0.3) is 0 Å². The number of rotatable bonds is 4. The van der Waals surface area contributed by atoms with Gasteiger partial charge in [0.25, 0.3) is 0 Å². The van der Waals surface area contributed by atoms with Gasteiger partial charge in [-0.2, -0.15) is 0 Å². The van der Waals surface area contributed by atoms with Crippen molar-refractivity contribution in [1.29, 1.82) is 0 Å². The Morgan fingerprint density at radius 3 is 2.33 bits per heavy atom. The first-order valence-electron chi connectivity index (χ1n) is 7.31. The second kappa shape index (κ2) is 6.35. The topological polar surface area (TPSA) is 72.2 Å². The van der Waals surface area contributed by atoms with Crippen LogP contribution in [0.2, 0.25) is 0 Å². The minimum Gasteiger partial charge on any atom is -0.271 e. The summed E-state index contributed by atoms with van der Waals surface area (Å²) in [4.78, 5) is 0. The van der Waals surface area contributed by atoms with Gasteiger partial charge in [-0.05, 0) is 25.2 Å². The van der Waals surface area contributed by atoms with E-state index in [1.54, 1.807) is 0 Å². The molecule has 18 heavy (non-hydrogen) atoms. The number of hydrazine groups is 1. The van der Waals surface area contributed by atoms with Crippen LogP contribution in [0.4, 0.5) is 0 Å². The van der Waals surface area contributed by atoms with Crippen molar-refractivity contribution in [1.82, 2.24) is 5.43 Å². The molecule has 2 atom stereocenters. The lowest BCUT2D eigenvalue weighted by atomic mass is 9.84. The summed E-state index contributed by atoms with van der Waals surface area (Å²) in [6.45, 7) is 0. The zero-order chi connectivity index (χ0) is 13.0. The Morgan fingerprint density at radius 1 is 1.06 bits per heavy atom. The quantitative estimate of drug-likeness (QED) is 0.605. The molecule has 2 fully saturated rings. The Morgan fingerprint density at radius 2 is 1.72 bits per heavy atom. The molecule has 3 N–H and O–H groups in total. The molecule has 106 valence electrons. The van der Waals surface area contributed by atoms with E-state index in [-0.39, 0.29) is 11.3 Å². The van der Waals surface area contributed by atoms with Crippen LogP contribution < -0.4 is 11.3 Å². The Bertz CT molecular complexity index is 350. The molecule has 2 unspecified atom stereocenters. The second-order valence-electron chi connectivity index (χ2n) is 5.91. The van der Waals surface area contributed by atoms with Gasteiger partial charge in [0.2, 0.25) is 0 Å². The van der Waals surface area contributed by atoms with Crippen molar-refractivity contribution in [2.75, 3.05) is 5.75 Å². The Balaban J connectivity index is 1.98. The first-order chi connectivity index (χ1) is 8.63. The van der Waals surface area contributed by atoms with Gasteiger partial charge in [0.15, 0.2) is 9.84 Å². The molecule has 1 aliphatic heterocycles. The van der Waals surface area contributed by atoms with Crippen molar-refractivity contribution in [2.45, 2.75) is 69.1 Å².